The molecule has 1 aliphatic rings. The van der Waals surface area contributed by atoms with Crippen molar-refractivity contribution in [1.82, 2.24) is 5.32 Å². The van der Waals surface area contributed by atoms with Crippen LogP contribution in [0.1, 0.15) is 33.6 Å². The first-order chi connectivity index (χ1) is 6.87. The number of hydrogen-bond donors (Lipinski definition) is 1. The number of alkyl carbamates (subject to hydrolysis) is 1. The Morgan fingerprint density at radius 2 is 2.13 bits per heavy atom. The lowest BCUT2D eigenvalue weighted by Crippen LogP contribution is -2.37. The quantitative estimate of drug-likeness (QED) is 0.567. The van der Waals surface area contributed by atoms with Gasteiger partial charge in [0.1, 0.15) is 5.60 Å². The first-order valence-electron chi connectivity index (χ1n) is 4.93. The Balaban J connectivity index is 2.32. The summed E-state index contributed by atoms with van der Waals surface area (Å²) in [5.74, 6) is 0. The van der Waals surface area contributed by atoms with E-state index >= 15 is 0 Å². The molecule has 0 unspecified atom stereocenters. The van der Waals surface area contributed by atoms with E-state index in [2.05, 4.69) is 10.3 Å². The minimum atomic E-state index is -0.505. The van der Waals surface area contributed by atoms with Gasteiger partial charge in [0.2, 0.25) is 6.08 Å². The van der Waals surface area contributed by atoms with Crippen LogP contribution >= 0.6 is 0 Å². The van der Waals surface area contributed by atoms with E-state index in [4.69, 9.17) is 4.74 Å². The van der Waals surface area contributed by atoms with E-state index < -0.39 is 17.2 Å². The zero-order valence-corrected chi connectivity index (χ0v) is 9.29. The molecule has 1 amide bonds. The molecule has 1 saturated carbocycles. The minimum Gasteiger partial charge on any atom is -0.444 e. The maximum absolute atomic E-state index is 11.3. The standard InChI is InChI=1S/C10H16N2O3/c1-9(2,3)15-8(14)11-6-10(4-5-10)12-7-13/h4-6H2,1-3H3,(H,11,14). The summed E-state index contributed by atoms with van der Waals surface area (Å²) in [6.07, 6.45) is 2.68. The largest absolute Gasteiger partial charge is 0.444 e. The van der Waals surface area contributed by atoms with Crippen molar-refractivity contribution in [1.29, 1.82) is 0 Å². The summed E-state index contributed by atoms with van der Waals surface area (Å²) in [6, 6.07) is 0. The predicted molar refractivity (Wildman–Crippen MR) is 54.3 cm³/mol. The van der Waals surface area contributed by atoms with Crippen molar-refractivity contribution in [3.05, 3.63) is 0 Å². The highest BCUT2D eigenvalue weighted by atomic mass is 16.6. The first kappa shape index (κ1) is 11.7. The third-order valence-electron chi connectivity index (χ3n) is 2.07. The normalized spacial score (nSPS) is 17.5. The van der Waals surface area contributed by atoms with Gasteiger partial charge in [-0.2, -0.15) is 4.99 Å². The van der Waals surface area contributed by atoms with Crippen LogP contribution in [0.3, 0.4) is 0 Å². The van der Waals surface area contributed by atoms with Gasteiger partial charge in [0.15, 0.2) is 0 Å². The smallest absolute Gasteiger partial charge is 0.407 e. The van der Waals surface area contributed by atoms with E-state index in [9.17, 15) is 9.59 Å². The monoisotopic (exact) mass is 212 g/mol. The predicted octanol–water partition coefficient (Wildman–Crippen LogP) is 1.38. The van der Waals surface area contributed by atoms with Crippen LogP contribution in [0.15, 0.2) is 4.99 Å². The van der Waals surface area contributed by atoms with Crippen LogP contribution in [0.25, 0.3) is 0 Å². The zero-order valence-electron chi connectivity index (χ0n) is 9.29. The molecule has 0 saturated heterocycles. The molecular weight excluding hydrogens is 196 g/mol. The molecule has 1 N–H and O–H groups in total. The van der Waals surface area contributed by atoms with Crippen LogP contribution in [0.4, 0.5) is 4.79 Å². The van der Waals surface area contributed by atoms with Gasteiger partial charge < -0.3 is 10.1 Å². The molecule has 1 fully saturated rings. The number of carbonyl (C=O) groups excluding carboxylic acids is 2. The Labute approximate surface area is 88.9 Å². The lowest BCUT2D eigenvalue weighted by molar-refractivity contribution is 0.0523. The summed E-state index contributed by atoms with van der Waals surface area (Å²) in [6.45, 7) is 5.73. The zero-order chi connectivity index (χ0) is 11.5. The van der Waals surface area contributed by atoms with Crippen molar-refractivity contribution in [3.63, 3.8) is 0 Å². The fourth-order valence-corrected chi connectivity index (χ4v) is 1.12. The number of nitrogens with zero attached hydrogens (tertiary/aromatic N) is 1. The van der Waals surface area contributed by atoms with Gasteiger partial charge in [-0.15, -0.1) is 0 Å². The van der Waals surface area contributed by atoms with Gasteiger partial charge in [0.25, 0.3) is 0 Å². The number of aliphatic imine (C=N–C) groups is 1. The maximum atomic E-state index is 11.3. The van der Waals surface area contributed by atoms with Gasteiger partial charge in [-0.1, -0.05) is 0 Å². The minimum absolute atomic E-state index is 0.344. The SMILES string of the molecule is CC(C)(C)OC(=O)NCC1(N=C=O)CC1. The van der Waals surface area contributed by atoms with Gasteiger partial charge >= 0.3 is 6.09 Å². The van der Waals surface area contributed by atoms with Crippen molar-refractivity contribution in [2.75, 3.05) is 6.54 Å². The second kappa shape index (κ2) is 4.03. The first-order valence-corrected chi connectivity index (χ1v) is 4.93. The molecule has 1 aliphatic carbocycles. The topological polar surface area (TPSA) is 67.8 Å². The number of nitrogens with one attached hydrogen (secondary N) is 1. The van der Waals surface area contributed by atoms with Crippen molar-refractivity contribution in [3.8, 4) is 0 Å². The molecule has 0 spiro atoms. The van der Waals surface area contributed by atoms with E-state index in [0.29, 0.717) is 6.54 Å². The van der Waals surface area contributed by atoms with Gasteiger partial charge in [-0.3, -0.25) is 0 Å². The highest BCUT2D eigenvalue weighted by molar-refractivity contribution is 5.67. The number of carbonyl (C=O) groups is 1. The highest BCUT2D eigenvalue weighted by Gasteiger charge is 2.43. The van der Waals surface area contributed by atoms with Crippen LogP contribution in [-0.2, 0) is 9.53 Å². The summed E-state index contributed by atoms with van der Waals surface area (Å²) >= 11 is 0. The molecule has 84 valence electrons. The van der Waals surface area contributed by atoms with Gasteiger partial charge in [0, 0.05) is 6.54 Å². The molecule has 0 atom stereocenters. The average molecular weight is 212 g/mol. The Hall–Kier alpha value is -1.35. The molecule has 0 heterocycles. The van der Waals surface area contributed by atoms with E-state index in [1.807, 2.05) is 0 Å². The summed E-state index contributed by atoms with van der Waals surface area (Å²) in [7, 11) is 0. The second-order valence-electron chi connectivity index (χ2n) is 4.78. The van der Waals surface area contributed by atoms with Crippen molar-refractivity contribution in [2.45, 2.75) is 44.8 Å². The summed E-state index contributed by atoms with van der Waals surface area (Å²) < 4.78 is 5.05. The number of rotatable bonds is 3. The Kier molecular flexibility index (Phi) is 3.15. The number of isocyanates is 1. The molecular formula is C10H16N2O3. The van der Waals surface area contributed by atoms with Crippen LogP contribution < -0.4 is 5.32 Å². The molecule has 5 nitrogen and oxygen atoms in total. The van der Waals surface area contributed by atoms with E-state index in [-0.39, 0.29) is 0 Å². The number of amides is 1. The molecule has 0 aromatic heterocycles. The summed E-state index contributed by atoms with van der Waals surface area (Å²) in [5.41, 5.74) is -0.909. The molecule has 0 aromatic carbocycles. The molecule has 15 heavy (non-hydrogen) atoms. The Morgan fingerprint density at radius 1 is 1.53 bits per heavy atom. The van der Waals surface area contributed by atoms with Gasteiger partial charge in [0.05, 0.1) is 5.54 Å². The number of hydrogen-bond acceptors (Lipinski definition) is 4. The molecule has 1 rings (SSSR count). The average Bonchev–Trinajstić information content (AvgIpc) is 2.80. The van der Waals surface area contributed by atoms with Crippen LogP contribution in [0.5, 0.6) is 0 Å². The highest BCUT2D eigenvalue weighted by Crippen LogP contribution is 2.38. The third kappa shape index (κ3) is 4.13. The van der Waals surface area contributed by atoms with E-state index in [0.717, 1.165) is 12.8 Å². The molecule has 0 aliphatic heterocycles. The summed E-state index contributed by atoms with van der Waals surface area (Å²) in [4.78, 5) is 25.0. The van der Waals surface area contributed by atoms with Crippen molar-refractivity contribution < 1.29 is 14.3 Å². The lowest BCUT2D eigenvalue weighted by Gasteiger charge is -2.20. The molecule has 0 radical (unpaired) electrons. The van der Waals surface area contributed by atoms with Crippen LogP contribution in [-0.4, -0.2) is 29.9 Å². The third-order valence-corrected chi connectivity index (χ3v) is 2.07. The summed E-state index contributed by atoms with van der Waals surface area (Å²) in [5, 5.41) is 2.59. The van der Waals surface area contributed by atoms with Crippen LogP contribution in [0, 0.1) is 0 Å². The van der Waals surface area contributed by atoms with Gasteiger partial charge in [-0.25, -0.2) is 9.59 Å². The molecule has 0 aromatic rings. The van der Waals surface area contributed by atoms with E-state index in [1.54, 1.807) is 20.8 Å². The Morgan fingerprint density at radius 3 is 2.53 bits per heavy atom. The van der Waals surface area contributed by atoms with Gasteiger partial charge in [-0.05, 0) is 33.6 Å². The van der Waals surface area contributed by atoms with E-state index in [1.165, 1.54) is 6.08 Å². The van der Waals surface area contributed by atoms with Crippen molar-refractivity contribution in [2.24, 2.45) is 4.99 Å². The fraction of sp³-hybridized carbons (Fsp3) is 0.800. The second-order valence-corrected chi connectivity index (χ2v) is 4.78. The maximum Gasteiger partial charge on any atom is 0.407 e. The fourth-order valence-electron chi connectivity index (χ4n) is 1.12. The lowest BCUT2D eigenvalue weighted by atomic mass is 10.2. The van der Waals surface area contributed by atoms with Crippen LogP contribution in [0.2, 0.25) is 0 Å². The molecule has 0 bridgehead atoms. The Bertz CT molecular complexity index is 296. The molecule has 5 heteroatoms. The van der Waals surface area contributed by atoms with Crippen molar-refractivity contribution >= 4 is 12.2 Å². The number of ether oxygens (including phenoxy) is 1.